The zero-order valence-corrected chi connectivity index (χ0v) is 11.3. The molecule has 17 heavy (non-hydrogen) atoms. The molecule has 0 radical (unpaired) electrons. The molecule has 1 atom stereocenters. The molecular weight excluding hydrogens is 238 g/mol. The maximum Gasteiger partial charge on any atom is 0.227 e. The van der Waals surface area contributed by atoms with Crippen LogP contribution in [0, 0.1) is 5.41 Å². The van der Waals surface area contributed by atoms with Crippen molar-refractivity contribution in [3.63, 3.8) is 0 Å². The van der Waals surface area contributed by atoms with E-state index in [1.54, 1.807) is 12.4 Å². The molecule has 0 aliphatic carbocycles. The van der Waals surface area contributed by atoms with Crippen LogP contribution < -0.4 is 11.1 Å². The highest BCUT2D eigenvalue weighted by Crippen LogP contribution is 2.16. The smallest absolute Gasteiger partial charge is 0.227 e. The predicted molar refractivity (Wildman–Crippen MR) is 70.9 cm³/mol. The van der Waals surface area contributed by atoms with E-state index in [1.165, 1.54) is 0 Å². The Balaban J connectivity index is 0.00000256. The lowest BCUT2D eigenvalue weighted by Gasteiger charge is -2.24. The van der Waals surface area contributed by atoms with Crippen LogP contribution in [-0.2, 0) is 4.79 Å². The molecule has 0 aliphatic heterocycles. The average molecular weight is 258 g/mol. The van der Waals surface area contributed by atoms with Crippen LogP contribution in [0.3, 0.4) is 0 Å². The van der Waals surface area contributed by atoms with Gasteiger partial charge in [0.25, 0.3) is 0 Å². The second-order valence-electron chi connectivity index (χ2n) is 4.57. The summed E-state index contributed by atoms with van der Waals surface area (Å²) in [5, 5.41) is 2.93. The van der Waals surface area contributed by atoms with E-state index in [0.717, 1.165) is 5.56 Å². The van der Waals surface area contributed by atoms with Gasteiger partial charge in [-0.15, -0.1) is 12.4 Å². The van der Waals surface area contributed by atoms with Crippen molar-refractivity contribution in [2.45, 2.75) is 26.8 Å². The van der Waals surface area contributed by atoms with Crippen LogP contribution in [0.5, 0.6) is 0 Å². The number of hydrogen-bond donors (Lipinski definition) is 2. The van der Waals surface area contributed by atoms with Crippen LogP contribution in [0.15, 0.2) is 24.5 Å². The Kier molecular flexibility index (Phi) is 6.13. The van der Waals surface area contributed by atoms with E-state index in [2.05, 4.69) is 10.3 Å². The zero-order valence-electron chi connectivity index (χ0n) is 10.4. The van der Waals surface area contributed by atoms with E-state index in [-0.39, 0.29) is 24.4 Å². The molecule has 5 heteroatoms. The number of hydrogen-bond acceptors (Lipinski definition) is 3. The number of amides is 1. The number of nitrogens with zero attached hydrogens (tertiary/aromatic N) is 1. The van der Waals surface area contributed by atoms with E-state index in [4.69, 9.17) is 5.73 Å². The molecule has 96 valence electrons. The summed E-state index contributed by atoms with van der Waals surface area (Å²) >= 11 is 0. The summed E-state index contributed by atoms with van der Waals surface area (Å²) < 4.78 is 0. The Morgan fingerprint density at radius 3 is 2.71 bits per heavy atom. The summed E-state index contributed by atoms with van der Waals surface area (Å²) in [4.78, 5) is 15.9. The van der Waals surface area contributed by atoms with Gasteiger partial charge in [0.15, 0.2) is 0 Å². The van der Waals surface area contributed by atoms with Crippen molar-refractivity contribution >= 4 is 18.3 Å². The van der Waals surface area contributed by atoms with Crippen LogP contribution in [-0.4, -0.2) is 17.4 Å². The second kappa shape index (κ2) is 6.57. The lowest BCUT2D eigenvalue weighted by molar-refractivity contribution is -0.129. The third-order valence-corrected chi connectivity index (χ3v) is 2.66. The molecule has 1 unspecified atom stereocenters. The highest BCUT2D eigenvalue weighted by atomic mass is 35.5. The standard InChI is InChI=1S/C12H19N3O.ClH/c1-9(10-5-4-6-14-7-10)15-11(16)12(2,3)8-13;/h4-7,9H,8,13H2,1-3H3,(H,15,16);1H. The molecule has 1 rings (SSSR count). The Labute approximate surface area is 108 Å². The van der Waals surface area contributed by atoms with Gasteiger partial charge >= 0.3 is 0 Å². The molecule has 0 spiro atoms. The molecule has 0 saturated carbocycles. The number of nitrogens with two attached hydrogens (primary N) is 1. The zero-order chi connectivity index (χ0) is 12.2. The van der Waals surface area contributed by atoms with Crippen LogP contribution in [0.25, 0.3) is 0 Å². The van der Waals surface area contributed by atoms with Crippen molar-refractivity contribution in [2.24, 2.45) is 11.1 Å². The van der Waals surface area contributed by atoms with Gasteiger partial charge in [-0.05, 0) is 32.4 Å². The van der Waals surface area contributed by atoms with Gasteiger partial charge in [-0.3, -0.25) is 9.78 Å². The third kappa shape index (κ3) is 4.32. The predicted octanol–water partition coefficient (Wildman–Crippen LogP) is 1.67. The molecule has 4 nitrogen and oxygen atoms in total. The maximum absolute atomic E-state index is 11.9. The Morgan fingerprint density at radius 1 is 1.59 bits per heavy atom. The first-order chi connectivity index (χ1) is 7.47. The summed E-state index contributed by atoms with van der Waals surface area (Å²) in [6.45, 7) is 5.93. The molecule has 0 bridgehead atoms. The van der Waals surface area contributed by atoms with E-state index >= 15 is 0 Å². The van der Waals surface area contributed by atoms with Crippen molar-refractivity contribution in [2.75, 3.05) is 6.54 Å². The van der Waals surface area contributed by atoms with E-state index < -0.39 is 5.41 Å². The average Bonchev–Trinajstić information content (AvgIpc) is 2.30. The van der Waals surface area contributed by atoms with Gasteiger partial charge in [0, 0.05) is 18.9 Å². The highest BCUT2D eigenvalue weighted by molar-refractivity contribution is 5.85. The molecule has 1 heterocycles. The van der Waals surface area contributed by atoms with Crippen LogP contribution in [0.4, 0.5) is 0 Å². The fourth-order valence-corrected chi connectivity index (χ4v) is 1.20. The van der Waals surface area contributed by atoms with Crippen LogP contribution >= 0.6 is 12.4 Å². The summed E-state index contributed by atoms with van der Waals surface area (Å²) in [5.41, 5.74) is 6.01. The minimum absolute atomic E-state index is 0. The van der Waals surface area contributed by atoms with Crippen molar-refractivity contribution in [1.82, 2.24) is 10.3 Å². The molecule has 1 aromatic rings. The second-order valence-corrected chi connectivity index (χ2v) is 4.57. The van der Waals surface area contributed by atoms with Crippen molar-refractivity contribution < 1.29 is 4.79 Å². The highest BCUT2D eigenvalue weighted by Gasteiger charge is 2.26. The molecule has 0 fully saturated rings. The minimum atomic E-state index is -0.531. The first kappa shape index (κ1) is 15.9. The van der Waals surface area contributed by atoms with Gasteiger partial charge in [-0.2, -0.15) is 0 Å². The summed E-state index contributed by atoms with van der Waals surface area (Å²) in [5.74, 6) is -0.0358. The normalized spacial score (nSPS) is 12.5. The van der Waals surface area contributed by atoms with E-state index in [0.29, 0.717) is 6.54 Å². The Bertz CT molecular complexity index is 354. The Hall–Kier alpha value is -1.13. The lowest BCUT2D eigenvalue weighted by Crippen LogP contribution is -2.42. The van der Waals surface area contributed by atoms with Crippen molar-refractivity contribution in [3.05, 3.63) is 30.1 Å². The molecule has 0 aliphatic rings. The fraction of sp³-hybridized carbons (Fsp3) is 0.500. The monoisotopic (exact) mass is 257 g/mol. The van der Waals surface area contributed by atoms with E-state index in [1.807, 2.05) is 32.9 Å². The molecule has 0 saturated heterocycles. The molecule has 0 aromatic carbocycles. The number of carbonyl (C=O) groups is 1. The lowest BCUT2D eigenvalue weighted by atomic mass is 9.92. The maximum atomic E-state index is 11.9. The first-order valence-electron chi connectivity index (χ1n) is 5.38. The number of rotatable bonds is 4. The summed E-state index contributed by atoms with van der Waals surface area (Å²) in [7, 11) is 0. The number of aromatic nitrogens is 1. The number of pyridine rings is 1. The number of halogens is 1. The van der Waals surface area contributed by atoms with Gasteiger partial charge in [-0.1, -0.05) is 6.07 Å². The van der Waals surface area contributed by atoms with Gasteiger partial charge in [0.05, 0.1) is 11.5 Å². The van der Waals surface area contributed by atoms with Crippen molar-refractivity contribution in [3.8, 4) is 0 Å². The fourth-order valence-electron chi connectivity index (χ4n) is 1.20. The number of nitrogens with one attached hydrogen (secondary N) is 1. The van der Waals surface area contributed by atoms with E-state index in [9.17, 15) is 4.79 Å². The topological polar surface area (TPSA) is 68.0 Å². The third-order valence-electron chi connectivity index (χ3n) is 2.66. The summed E-state index contributed by atoms with van der Waals surface area (Å²) in [6, 6.07) is 3.74. The number of carbonyl (C=O) groups excluding carboxylic acids is 1. The molecule has 1 aromatic heterocycles. The first-order valence-corrected chi connectivity index (χ1v) is 5.38. The van der Waals surface area contributed by atoms with Gasteiger partial charge in [0.2, 0.25) is 5.91 Å². The minimum Gasteiger partial charge on any atom is -0.349 e. The molecular formula is C12H20ClN3O. The van der Waals surface area contributed by atoms with Gasteiger partial charge < -0.3 is 11.1 Å². The largest absolute Gasteiger partial charge is 0.349 e. The summed E-state index contributed by atoms with van der Waals surface area (Å²) in [6.07, 6.45) is 3.46. The van der Waals surface area contributed by atoms with Gasteiger partial charge in [0.1, 0.15) is 0 Å². The van der Waals surface area contributed by atoms with Crippen LogP contribution in [0.2, 0.25) is 0 Å². The quantitative estimate of drug-likeness (QED) is 0.862. The molecule has 1 amide bonds. The van der Waals surface area contributed by atoms with Crippen molar-refractivity contribution in [1.29, 1.82) is 0 Å². The molecule has 3 N–H and O–H groups in total. The Morgan fingerprint density at radius 2 is 2.24 bits per heavy atom. The van der Waals surface area contributed by atoms with Crippen LogP contribution in [0.1, 0.15) is 32.4 Å². The van der Waals surface area contributed by atoms with Gasteiger partial charge in [-0.25, -0.2) is 0 Å². The SMILES string of the molecule is CC(NC(=O)C(C)(C)CN)c1cccnc1.Cl.